The highest BCUT2D eigenvalue weighted by atomic mass is 19.4. The van der Waals surface area contributed by atoms with Gasteiger partial charge in [-0.05, 0) is 67.1 Å². The number of anilines is 1. The molecule has 0 saturated carbocycles. The summed E-state index contributed by atoms with van der Waals surface area (Å²) < 4.78 is 86.4. The first kappa shape index (κ1) is 26.3. The van der Waals surface area contributed by atoms with Crippen molar-refractivity contribution in [2.24, 2.45) is 17.8 Å². The molecule has 0 unspecified atom stereocenters. The number of amides is 2. The SMILES string of the molecule is CC1=C2B(O)O[C@H](c3ccc(O)cc3)C[C@H]2[C@H]2C(=O)N(c3cc(C(F)(F)F)cc(C(F)(F)F)c3)C(=O)[C@H]2C1. The van der Waals surface area contributed by atoms with Crippen molar-refractivity contribution in [3.05, 3.63) is 70.2 Å². The van der Waals surface area contributed by atoms with Crippen LogP contribution in [0.1, 0.15) is 42.6 Å². The monoisotopic (exact) mass is 539 g/mol. The molecule has 2 aromatic carbocycles. The molecule has 2 fully saturated rings. The number of benzene rings is 2. The Morgan fingerprint density at radius 1 is 0.921 bits per heavy atom. The molecule has 3 aliphatic rings. The molecular weight excluding hydrogens is 519 g/mol. The summed E-state index contributed by atoms with van der Waals surface area (Å²) in [6.45, 7) is 1.64. The maximum atomic E-state index is 13.6. The van der Waals surface area contributed by atoms with E-state index < -0.39 is 72.0 Å². The fourth-order valence-electron chi connectivity index (χ4n) is 5.78. The number of rotatable bonds is 2. The Bertz CT molecular complexity index is 1310. The highest BCUT2D eigenvalue weighted by molar-refractivity contribution is 6.53. The second-order valence-corrected chi connectivity index (χ2v) is 9.76. The summed E-state index contributed by atoms with van der Waals surface area (Å²) >= 11 is 0. The second-order valence-electron chi connectivity index (χ2n) is 9.76. The first-order valence-corrected chi connectivity index (χ1v) is 11.7. The minimum Gasteiger partial charge on any atom is -0.508 e. The molecule has 2 saturated heterocycles. The lowest BCUT2D eigenvalue weighted by Crippen LogP contribution is -2.44. The van der Waals surface area contributed by atoms with Crippen LogP contribution in [0.4, 0.5) is 32.0 Å². The van der Waals surface area contributed by atoms with Crippen molar-refractivity contribution in [1.29, 1.82) is 0 Å². The van der Waals surface area contributed by atoms with E-state index in [4.69, 9.17) is 4.65 Å². The topological polar surface area (TPSA) is 87.1 Å². The van der Waals surface area contributed by atoms with Crippen molar-refractivity contribution in [1.82, 2.24) is 0 Å². The van der Waals surface area contributed by atoms with Gasteiger partial charge in [0.1, 0.15) is 5.75 Å². The molecule has 200 valence electrons. The Morgan fingerprint density at radius 2 is 1.50 bits per heavy atom. The largest absolute Gasteiger partial charge is 0.508 e. The Hall–Kier alpha value is -3.32. The number of carbonyl (C=O) groups excluding carboxylic acids is 2. The van der Waals surface area contributed by atoms with Gasteiger partial charge in [0.2, 0.25) is 11.8 Å². The van der Waals surface area contributed by atoms with Crippen molar-refractivity contribution in [3.8, 4) is 5.75 Å². The van der Waals surface area contributed by atoms with E-state index in [0.29, 0.717) is 33.6 Å². The molecule has 4 atom stereocenters. The van der Waals surface area contributed by atoms with E-state index in [1.807, 2.05) is 0 Å². The number of halogens is 6. The van der Waals surface area contributed by atoms with E-state index in [1.165, 1.54) is 12.1 Å². The van der Waals surface area contributed by atoms with Gasteiger partial charge in [0.25, 0.3) is 0 Å². The van der Waals surface area contributed by atoms with Gasteiger partial charge in [-0.2, -0.15) is 26.3 Å². The predicted molar refractivity (Wildman–Crippen MR) is 121 cm³/mol. The number of allylic oxidation sites excluding steroid dienone is 2. The molecule has 6 nitrogen and oxygen atoms in total. The fraction of sp³-hybridized carbons (Fsp3) is 0.360. The van der Waals surface area contributed by atoms with Gasteiger partial charge in [-0.15, -0.1) is 0 Å². The number of imide groups is 1. The zero-order valence-corrected chi connectivity index (χ0v) is 19.7. The number of aromatic hydroxyl groups is 1. The predicted octanol–water partition coefficient (Wildman–Crippen LogP) is 5.05. The maximum absolute atomic E-state index is 13.6. The summed E-state index contributed by atoms with van der Waals surface area (Å²) in [5.74, 6) is -4.71. The number of fused-ring (bicyclic) bond motifs is 3. The van der Waals surface area contributed by atoms with Crippen LogP contribution in [0.2, 0.25) is 0 Å². The summed E-state index contributed by atoms with van der Waals surface area (Å²) in [5, 5.41) is 20.3. The van der Waals surface area contributed by atoms with Crippen molar-refractivity contribution in [2.75, 3.05) is 4.90 Å². The quantitative estimate of drug-likeness (QED) is 0.317. The molecule has 0 radical (unpaired) electrons. The van der Waals surface area contributed by atoms with Crippen LogP contribution in [0.15, 0.2) is 53.5 Å². The molecule has 2 aliphatic heterocycles. The van der Waals surface area contributed by atoms with Gasteiger partial charge < -0.3 is 14.8 Å². The van der Waals surface area contributed by atoms with Crippen LogP contribution in [0.3, 0.4) is 0 Å². The molecule has 38 heavy (non-hydrogen) atoms. The standard InChI is InChI=1S/C25H20BF6NO5/c1-11-6-18-20(17-10-19(38-26(37)21(11)17)12-2-4-16(34)5-3-12)23(36)33(22(18)35)15-8-13(24(27,28)29)7-14(9-15)25(30,31)32/h2-5,7-9,17-20,34,37H,6,10H2,1H3/t17-,18-,19-,20+/m0/s1. The van der Waals surface area contributed by atoms with E-state index in [-0.39, 0.29) is 24.7 Å². The second kappa shape index (κ2) is 8.87. The molecule has 1 aliphatic carbocycles. The average molecular weight is 539 g/mol. The fourth-order valence-corrected chi connectivity index (χ4v) is 5.78. The van der Waals surface area contributed by atoms with E-state index in [9.17, 15) is 46.1 Å². The van der Waals surface area contributed by atoms with Crippen LogP contribution in [0, 0.1) is 17.8 Å². The van der Waals surface area contributed by atoms with E-state index in [2.05, 4.69) is 0 Å². The third-order valence-corrected chi connectivity index (χ3v) is 7.45. The number of nitrogens with zero attached hydrogens (tertiary/aromatic N) is 1. The third kappa shape index (κ3) is 4.37. The van der Waals surface area contributed by atoms with Gasteiger partial charge >= 0.3 is 19.5 Å². The summed E-state index contributed by atoms with van der Waals surface area (Å²) in [5.41, 5.74) is -2.57. The lowest BCUT2D eigenvalue weighted by atomic mass is 9.55. The van der Waals surface area contributed by atoms with Crippen LogP contribution in [-0.2, 0) is 26.6 Å². The van der Waals surface area contributed by atoms with Crippen LogP contribution in [0.5, 0.6) is 5.75 Å². The highest BCUT2D eigenvalue weighted by Gasteiger charge is 2.58. The molecule has 2 amide bonds. The molecule has 2 N–H and O–H groups in total. The Balaban J connectivity index is 1.55. The number of carbonyl (C=O) groups is 2. The molecule has 13 heteroatoms. The summed E-state index contributed by atoms with van der Waals surface area (Å²) in [4.78, 5) is 27.4. The lowest BCUT2D eigenvalue weighted by Gasteiger charge is -2.41. The van der Waals surface area contributed by atoms with Crippen LogP contribution in [0.25, 0.3) is 0 Å². The maximum Gasteiger partial charge on any atom is 0.487 e. The number of phenolic OH excluding ortho intramolecular Hbond substituents is 1. The number of hydrogen-bond acceptors (Lipinski definition) is 5. The third-order valence-electron chi connectivity index (χ3n) is 7.45. The van der Waals surface area contributed by atoms with Crippen molar-refractivity contribution in [3.63, 3.8) is 0 Å². The van der Waals surface area contributed by atoms with Crippen LogP contribution in [-0.4, -0.2) is 29.1 Å². The summed E-state index contributed by atoms with van der Waals surface area (Å²) in [6.07, 6.45) is -10.9. The average Bonchev–Trinajstić information content (AvgIpc) is 3.07. The van der Waals surface area contributed by atoms with Crippen molar-refractivity contribution in [2.45, 2.75) is 38.2 Å². The number of alkyl halides is 6. The van der Waals surface area contributed by atoms with Crippen LogP contribution >= 0.6 is 0 Å². The van der Waals surface area contributed by atoms with Gasteiger partial charge in [-0.3, -0.25) is 9.59 Å². The summed E-state index contributed by atoms with van der Waals surface area (Å²) in [6, 6.07) is 6.59. The number of hydrogen-bond donors (Lipinski definition) is 2. The minimum atomic E-state index is -5.15. The molecular formula is C25H20BF6NO5. The van der Waals surface area contributed by atoms with E-state index in [0.717, 1.165) is 0 Å². The van der Waals surface area contributed by atoms with Gasteiger partial charge in [0.05, 0.1) is 34.8 Å². The number of phenols is 1. The van der Waals surface area contributed by atoms with Crippen molar-refractivity contribution >= 4 is 24.6 Å². The van der Waals surface area contributed by atoms with Gasteiger partial charge in [0, 0.05) is 0 Å². The van der Waals surface area contributed by atoms with Gasteiger partial charge in [-0.1, -0.05) is 17.7 Å². The lowest BCUT2D eigenvalue weighted by molar-refractivity contribution is -0.143. The highest BCUT2D eigenvalue weighted by Crippen LogP contribution is 2.52. The van der Waals surface area contributed by atoms with Crippen molar-refractivity contribution < 1.29 is 50.7 Å². The van der Waals surface area contributed by atoms with E-state index in [1.54, 1.807) is 19.1 Å². The smallest absolute Gasteiger partial charge is 0.487 e. The van der Waals surface area contributed by atoms with Gasteiger partial charge in [0.15, 0.2) is 0 Å². The minimum absolute atomic E-state index is 0.00699. The molecule has 2 heterocycles. The Kier molecular flexibility index (Phi) is 6.14. The first-order chi connectivity index (χ1) is 17.7. The molecule has 0 aromatic heterocycles. The zero-order valence-electron chi connectivity index (χ0n) is 19.7. The Labute approximate surface area is 212 Å². The first-order valence-electron chi connectivity index (χ1n) is 11.7. The molecule has 0 spiro atoms. The molecule has 5 rings (SSSR count). The zero-order chi connectivity index (χ0) is 27.7. The van der Waals surface area contributed by atoms with Gasteiger partial charge in [-0.25, -0.2) is 4.90 Å². The Morgan fingerprint density at radius 3 is 2.05 bits per heavy atom. The van der Waals surface area contributed by atoms with E-state index >= 15 is 0 Å². The normalized spacial score (nSPS) is 26.1. The summed E-state index contributed by atoms with van der Waals surface area (Å²) in [7, 11) is -1.43. The van der Waals surface area contributed by atoms with Crippen LogP contribution < -0.4 is 4.90 Å². The molecule has 2 aromatic rings. The molecule has 0 bridgehead atoms.